The molecule has 0 saturated heterocycles. The first-order valence-electron chi connectivity index (χ1n) is 6.98. The first-order valence-corrected chi connectivity index (χ1v) is 6.98. The number of pyridine rings is 1. The summed E-state index contributed by atoms with van der Waals surface area (Å²) >= 11 is 0. The Morgan fingerprint density at radius 1 is 1.48 bits per heavy atom. The Hall–Kier alpha value is -2.90. The van der Waals surface area contributed by atoms with Crippen molar-refractivity contribution in [3.05, 3.63) is 36.7 Å². The SMILES string of the molecule is C=CC[C@H](NC(=O)CNC(=O)c1ncccc1O)C(=O)OCC. The predicted molar refractivity (Wildman–Crippen MR) is 81.6 cm³/mol. The topological polar surface area (TPSA) is 118 Å². The number of carbonyl (C=O) groups excluding carboxylic acids is 3. The lowest BCUT2D eigenvalue weighted by Crippen LogP contribution is -2.46. The molecule has 0 aromatic carbocycles. The molecule has 1 heterocycles. The van der Waals surface area contributed by atoms with Gasteiger partial charge in [-0.15, -0.1) is 6.58 Å². The Balaban J connectivity index is 2.55. The number of aromatic nitrogens is 1. The summed E-state index contributed by atoms with van der Waals surface area (Å²) in [6.07, 6.45) is 3.03. The first-order chi connectivity index (χ1) is 11.0. The number of hydrogen-bond donors (Lipinski definition) is 3. The van der Waals surface area contributed by atoms with E-state index >= 15 is 0 Å². The summed E-state index contributed by atoms with van der Waals surface area (Å²) in [5.74, 6) is -2.14. The van der Waals surface area contributed by atoms with Crippen LogP contribution in [0, 0.1) is 0 Å². The number of aromatic hydroxyl groups is 1. The second-order valence-corrected chi connectivity index (χ2v) is 4.45. The fraction of sp³-hybridized carbons (Fsp3) is 0.333. The van der Waals surface area contributed by atoms with Crippen molar-refractivity contribution in [1.29, 1.82) is 0 Å². The molecule has 8 heteroatoms. The highest BCUT2D eigenvalue weighted by Crippen LogP contribution is 2.11. The highest BCUT2D eigenvalue weighted by atomic mass is 16.5. The van der Waals surface area contributed by atoms with E-state index in [4.69, 9.17) is 4.74 Å². The summed E-state index contributed by atoms with van der Waals surface area (Å²) in [6, 6.07) is 1.92. The Kier molecular flexibility index (Phi) is 7.25. The smallest absolute Gasteiger partial charge is 0.328 e. The van der Waals surface area contributed by atoms with E-state index in [1.807, 2.05) is 0 Å². The molecule has 0 aliphatic rings. The van der Waals surface area contributed by atoms with E-state index in [0.29, 0.717) is 0 Å². The lowest BCUT2D eigenvalue weighted by Gasteiger charge is -2.15. The molecule has 0 radical (unpaired) electrons. The van der Waals surface area contributed by atoms with Gasteiger partial charge in [0.25, 0.3) is 5.91 Å². The van der Waals surface area contributed by atoms with Crippen LogP contribution in [0.5, 0.6) is 5.75 Å². The van der Waals surface area contributed by atoms with Gasteiger partial charge >= 0.3 is 5.97 Å². The van der Waals surface area contributed by atoms with Gasteiger partial charge in [-0.1, -0.05) is 6.08 Å². The van der Waals surface area contributed by atoms with E-state index in [0.717, 1.165) is 0 Å². The fourth-order valence-corrected chi connectivity index (χ4v) is 1.68. The van der Waals surface area contributed by atoms with Crippen LogP contribution in [0.2, 0.25) is 0 Å². The third kappa shape index (κ3) is 5.77. The van der Waals surface area contributed by atoms with E-state index < -0.39 is 23.8 Å². The van der Waals surface area contributed by atoms with Gasteiger partial charge in [0.05, 0.1) is 13.2 Å². The Labute approximate surface area is 133 Å². The summed E-state index contributed by atoms with van der Waals surface area (Å²) in [6.45, 7) is 4.99. The van der Waals surface area contributed by atoms with Crippen LogP contribution in [0.25, 0.3) is 0 Å². The maximum atomic E-state index is 11.8. The number of amides is 2. The van der Waals surface area contributed by atoms with Crippen molar-refractivity contribution in [2.75, 3.05) is 13.2 Å². The highest BCUT2D eigenvalue weighted by Gasteiger charge is 2.21. The maximum Gasteiger partial charge on any atom is 0.328 e. The van der Waals surface area contributed by atoms with Gasteiger partial charge in [0.2, 0.25) is 5.91 Å². The molecular formula is C15H19N3O5. The highest BCUT2D eigenvalue weighted by molar-refractivity contribution is 5.97. The molecule has 0 aliphatic carbocycles. The number of carbonyl (C=O) groups is 3. The molecule has 0 spiro atoms. The van der Waals surface area contributed by atoms with Crippen molar-refractivity contribution < 1.29 is 24.2 Å². The number of nitrogens with zero attached hydrogens (tertiary/aromatic N) is 1. The Morgan fingerprint density at radius 2 is 2.22 bits per heavy atom. The molecule has 1 aromatic rings. The van der Waals surface area contributed by atoms with Crippen LogP contribution in [0.1, 0.15) is 23.8 Å². The molecule has 124 valence electrons. The van der Waals surface area contributed by atoms with E-state index in [9.17, 15) is 19.5 Å². The molecule has 1 atom stereocenters. The number of hydrogen-bond acceptors (Lipinski definition) is 6. The van der Waals surface area contributed by atoms with Crippen molar-refractivity contribution in [2.45, 2.75) is 19.4 Å². The molecule has 8 nitrogen and oxygen atoms in total. The molecule has 1 rings (SSSR count). The second kappa shape index (κ2) is 9.19. The summed E-state index contributed by atoms with van der Waals surface area (Å²) in [5, 5.41) is 14.2. The van der Waals surface area contributed by atoms with Crippen molar-refractivity contribution in [2.24, 2.45) is 0 Å². The van der Waals surface area contributed by atoms with Gasteiger partial charge in [-0.2, -0.15) is 0 Å². The standard InChI is InChI=1S/C15H19N3O5/c1-3-6-10(15(22)23-4-2)18-12(20)9-17-14(21)13-11(19)7-5-8-16-13/h3,5,7-8,10,19H,1,4,6,9H2,2H3,(H,17,21)(H,18,20)/t10-/m0/s1. The van der Waals surface area contributed by atoms with E-state index in [-0.39, 0.29) is 31.0 Å². The average molecular weight is 321 g/mol. The zero-order valence-electron chi connectivity index (χ0n) is 12.7. The lowest BCUT2D eigenvalue weighted by molar-refractivity contribution is -0.147. The number of ether oxygens (including phenoxy) is 1. The minimum absolute atomic E-state index is 0.187. The fourth-order valence-electron chi connectivity index (χ4n) is 1.68. The van der Waals surface area contributed by atoms with Gasteiger partial charge in [0.15, 0.2) is 5.69 Å². The van der Waals surface area contributed by atoms with Gasteiger partial charge in [-0.25, -0.2) is 9.78 Å². The van der Waals surface area contributed by atoms with Crippen LogP contribution in [-0.4, -0.2) is 47.1 Å². The largest absolute Gasteiger partial charge is 0.505 e. The molecule has 0 fully saturated rings. The van der Waals surface area contributed by atoms with Gasteiger partial charge in [-0.3, -0.25) is 9.59 Å². The average Bonchev–Trinajstić information content (AvgIpc) is 2.53. The summed E-state index contributed by atoms with van der Waals surface area (Å²) < 4.78 is 4.84. The minimum atomic E-state index is -0.861. The Bertz CT molecular complexity index is 588. The predicted octanol–water partition coefficient (Wildman–Crippen LogP) is 0.141. The quantitative estimate of drug-likeness (QED) is 0.463. The van der Waals surface area contributed by atoms with Crippen molar-refractivity contribution >= 4 is 17.8 Å². The third-order valence-corrected chi connectivity index (χ3v) is 2.72. The molecule has 3 N–H and O–H groups in total. The van der Waals surface area contributed by atoms with E-state index in [1.165, 1.54) is 24.4 Å². The van der Waals surface area contributed by atoms with Crippen LogP contribution in [0.4, 0.5) is 0 Å². The van der Waals surface area contributed by atoms with Gasteiger partial charge < -0.3 is 20.5 Å². The maximum absolute atomic E-state index is 11.8. The lowest BCUT2D eigenvalue weighted by atomic mass is 10.2. The van der Waals surface area contributed by atoms with Crippen molar-refractivity contribution in [3.8, 4) is 5.75 Å². The van der Waals surface area contributed by atoms with Crippen molar-refractivity contribution in [1.82, 2.24) is 15.6 Å². The zero-order chi connectivity index (χ0) is 17.2. The number of rotatable bonds is 8. The van der Waals surface area contributed by atoms with Gasteiger partial charge in [-0.05, 0) is 25.5 Å². The molecular weight excluding hydrogens is 302 g/mol. The van der Waals surface area contributed by atoms with Crippen LogP contribution < -0.4 is 10.6 Å². The molecule has 0 bridgehead atoms. The summed E-state index contributed by atoms with van der Waals surface area (Å²) in [5.41, 5.74) is -0.187. The normalized spacial score (nSPS) is 11.2. The van der Waals surface area contributed by atoms with Crippen LogP contribution in [0.15, 0.2) is 31.0 Å². The minimum Gasteiger partial charge on any atom is -0.505 e. The molecule has 0 aliphatic heterocycles. The van der Waals surface area contributed by atoms with Crippen LogP contribution in [0.3, 0.4) is 0 Å². The van der Waals surface area contributed by atoms with Gasteiger partial charge in [0.1, 0.15) is 11.8 Å². The number of nitrogens with one attached hydrogen (secondary N) is 2. The molecule has 0 saturated carbocycles. The third-order valence-electron chi connectivity index (χ3n) is 2.72. The van der Waals surface area contributed by atoms with Crippen molar-refractivity contribution in [3.63, 3.8) is 0 Å². The van der Waals surface area contributed by atoms with Crippen LogP contribution >= 0.6 is 0 Å². The van der Waals surface area contributed by atoms with Gasteiger partial charge in [0, 0.05) is 6.20 Å². The van der Waals surface area contributed by atoms with E-state index in [2.05, 4.69) is 22.2 Å². The zero-order valence-corrected chi connectivity index (χ0v) is 12.7. The van der Waals surface area contributed by atoms with Crippen LogP contribution in [-0.2, 0) is 14.3 Å². The molecule has 23 heavy (non-hydrogen) atoms. The number of esters is 1. The monoisotopic (exact) mass is 321 g/mol. The Morgan fingerprint density at radius 3 is 2.83 bits per heavy atom. The summed E-state index contributed by atoms with van der Waals surface area (Å²) in [4.78, 5) is 39.0. The molecule has 1 aromatic heterocycles. The summed E-state index contributed by atoms with van der Waals surface area (Å²) in [7, 11) is 0. The first kappa shape index (κ1) is 18.1. The molecule has 0 unspecified atom stereocenters. The van der Waals surface area contributed by atoms with E-state index in [1.54, 1.807) is 6.92 Å². The molecule has 2 amide bonds. The second-order valence-electron chi connectivity index (χ2n) is 4.45.